The van der Waals surface area contributed by atoms with Gasteiger partial charge in [-0.3, -0.25) is 0 Å². The molecule has 33 heavy (non-hydrogen) atoms. The van der Waals surface area contributed by atoms with Crippen LogP contribution >= 0.6 is 0 Å². The lowest BCUT2D eigenvalue weighted by molar-refractivity contribution is 0.0533. The number of ether oxygens (including phenoxy) is 1. The summed E-state index contributed by atoms with van der Waals surface area (Å²) < 4.78 is 6.12. The normalized spacial score (nSPS) is 11.9. The molecule has 0 aliphatic heterocycles. The molecule has 0 saturated carbocycles. The molecular formula is C27H25N3O3. The molecule has 1 aromatic heterocycles. The van der Waals surface area contributed by atoms with Crippen LogP contribution in [-0.4, -0.2) is 16.1 Å². The Morgan fingerprint density at radius 3 is 2.55 bits per heavy atom. The summed E-state index contributed by atoms with van der Waals surface area (Å²) in [6, 6.07) is 21.3. The second kappa shape index (κ2) is 9.29. The van der Waals surface area contributed by atoms with Crippen LogP contribution in [0.3, 0.4) is 0 Å². The molecule has 3 aromatic carbocycles. The first-order valence-electron chi connectivity index (χ1n) is 10.7. The SMILES string of the molecule is Cc1ccc(-c2c(C(=O)O)[nH]c3c(C(C)OCc4ccc(CN)cc4)cccc23)cc1C#N. The van der Waals surface area contributed by atoms with E-state index in [-0.39, 0.29) is 11.8 Å². The number of carboxylic acid groups (broad SMARTS) is 1. The number of hydrogen-bond donors (Lipinski definition) is 3. The number of benzene rings is 3. The second-order valence-corrected chi connectivity index (χ2v) is 8.07. The molecule has 0 saturated heterocycles. The Balaban J connectivity index is 1.73. The van der Waals surface area contributed by atoms with E-state index in [4.69, 9.17) is 10.5 Å². The van der Waals surface area contributed by atoms with E-state index in [1.807, 2.05) is 68.4 Å². The number of nitrogens with two attached hydrogens (primary N) is 1. The van der Waals surface area contributed by atoms with Gasteiger partial charge >= 0.3 is 5.97 Å². The monoisotopic (exact) mass is 439 g/mol. The van der Waals surface area contributed by atoms with Gasteiger partial charge < -0.3 is 20.6 Å². The van der Waals surface area contributed by atoms with Crippen LogP contribution in [-0.2, 0) is 17.9 Å². The minimum absolute atomic E-state index is 0.0924. The average molecular weight is 440 g/mol. The molecule has 0 aliphatic carbocycles. The number of carboxylic acids is 1. The number of para-hydroxylation sites is 1. The summed E-state index contributed by atoms with van der Waals surface area (Å²) in [6.07, 6.45) is -0.274. The van der Waals surface area contributed by atoms with Gasteiger partial charge in [0.2, 0.25) is 0 Å². The minimum atomic E-state index is -1.06. The minimum Gasteiger partial charge on any atom is -0.477 e. The lowest BCUT2D eigenvalue weighted by atomic mass is 9.96. The zero-order valence-corrected chi connectivity index (χ0v) is 18.6. The number of nitrogens with one attached hydrogen (secondary N) is 1. The van der Waals surface area contributed by atoms with E-state index in [0.29, 0.717) is 29.8 Å². The first kappa shape index (κ1) is 22.3. The number of nitrogens with zero attached hydrogens (tertiary/aromatic N) is 1. The van der Waals surface area contributed by atoms with E-state index >= 15 is 0 Å². The molecule has 1 unspecified atom stereocenters. The zero-order valence-electron chi connectivity index (χ0n) is 18.6. The van der Waals surface area contributed by atoms with E-state index < -0.39 is 5.97 Å². The largest absolute Gasteiger partial charge is 0.477 e. The number of carbonyl (C=O) groups is 1. The summed E-state index contributed by atoms with van der Waals surface area (Å²) in [5.41, 5.74) is 12.1. The van der Waals surface area contributed by atoms with Crippen LogP contribution in [0, 0.1) is 18.3 Å². The van der Waals surface area contributed by atoms with Gasteiger partial charge in [0, 0.05) is 23.1 Å². The number of H-pyrrole nitrogens is 1. The van der Waals surface area contributed by atoms with Gasteiger partial charge in [0.25, 0.3) is 0 Å². The predicted molar refractivity (Wildman–Crippen MR) is 128 cm³/mol. The number of aryl methyl sites for hydroxylation is 1. The third kappa shape index (κ3) is 4.37. The van der Waals surface area contributed by atoms with Gasteiger partial charge in [0.1, 0.15) is 5.69 Å². The van der Waals surface area contributed by atoms with Gasteiger partial charge in [0.15, 0.2) is 0 Å². The summed E-state index contributed by atoms with van der Waals surface area (Å²) in [5, 5.41) is 20.1. The molecule has 1 atom stereocenters. The summed E-state index contributed by atoms with van der Waals surface area (Å²) in [7, 11) is 0. The van der Waals surface area contributed by atoms with Gasteiger partial charge in [-0.15, -0.1) is 0 Å². The third-order valence-corrected chi connectivity index (χ3v) is 5.92. The van der Waals surface area contributed by atoms with Crippen molar-refractivity contribution in [2.24, 2.45) is 5.73 Å². The predicted octanol–water partition coefficient (Wildman–Crippen LogP) is 5.45. The van der Waals surface area contributed by atoms with Crippen LogP contribution in [0.2, 0.25) is 0 Å². The molecular weight excluding hydrogens is 414 g/mol. The van der Waals surface area contributed by atoms with Crippen LogP contribution in [0.15, 0.2) is 60.7 Å². The number of rotatable bonds is 7. The van der Waals surface area contributed by atoms with E-state index in [9.17, 15) is 15.2 Å². The molecule has 0 bridgehead atoms. The van der Waals surface area contributed by atoms with Gasteiger partial charge in [-0.1, -0.05) is 54.6 Å². The zero-order chi connectivity index (χ0) is 23.5. The first-order valence-corrected chi connectivity index (χ1v) is 10.7. The Hall–Kier alpha value is -3.92. The Bertz CT molecular complexity index is 1360. The van der Waals surface area contributed by atoms with Crippen molar-refractivity contribution in [1.82, 2.24) is 4.98 Å². The van der Waals surface area contributed by atoms with E-state index in [1.54, 1.807) is 6.07 Å². The van der Waals surface area contributed by atoms with Crippen molar-refractivity contribution in [3.63, 3.8) is 0 Å². The van der Waals surface area contributed by atoms with Crippen LogP contribution < -0.4 is 5.73 Å². The fourth-order valence-corrected chi connectivity index (χ4v) is 4.02. The van der Waals surface area contributed by atoms with Gasteiger partial charge in [-0.2, -0.15) is 5.26 Å². The van der Waals surface area contributed by atoms with Gasteiger partial charge in [-0.05, 0) is 42.2 Å². The number of fused-ring (bicyclic) bond motifs is 1. The quantitative estimate of drug-likeness (QED) is 0.354. The summed E-state index contributed by atoms with van der Waals surface area (Å²) in [5.74, 6) is -1.06. The van der Waals surface area contributed by atoms with Crippen LogP contribution in [0.4, 0.5) is 0 Å². The lowest BCUT2D eigenvalue weighted by Crippen LogP contribution is -2.02. The highest BCUT2D eigenvalue weighted by Gasteiger charge is 2.22. The Labute approximate surface area is 192 Å². The molecule has 0 fully saturated rings. The molecule has 0 spiro atoms. The number of aromatic amines is 1. The smallest absolute Gasteiger partial charge is 0.352 e. The Morgan fingerprint density at radius 2 is 1.88 bits per heavy atom. The highest BCUT2D eigenvalue weighted by Crippen LogP contribution is 2.37. The Kier molecular flexibility index (Phi) is 6.27. The molecule has 0 amide bonds. The lowest BCUT2D eigenvalue weighted by Gasteiger charge is -2.15. The van der Waals surface area contributed by atoms with E-state index in [0.717, 1.165) is 33.2 Å². The number of aromatic carboxylic acids is 1. The molecule has 0 radical (unpaired) electrons. The van der Waals surface area contributed by atoms with Crippen molar-refractivity contribution in [1.29, 1.82) is 5.26 Å². The summed E-state index contributed by atoms with van der Waals surface area (Å²) in [4.78, 5) is 15.2. The molecule has 4 N–H and O–H groups in total. The standard InChI is InChI=1S/C27H25N3O3/c1-16-6-11-20(12-21(16)14-29)24-23-5-3-4-22(25(23)30-26(24)27(31)32)17(2)33-15-19-9-7-18(13-28)8-10-19/h3-12,17,30H,13,15,28H2,1-2H3,(H,31,32). The first-order chi connectivity index (χ1) is 15.9. The number of nitriles is 1. The Morgan fingerprint density at radius 1 is 1.15 bits per heavy atom. The van der Waals surface area contributed by atoms with Gasteiger partial charge in [0.05, 0.1) is 29.9 Å². The van der Waals surface area contributed by atoms with Crippen LogP contribution in [0.5, 0.6) is 0 Å². The van der Waals surface area contributed by atoms with E-state index in [2.05, 4.69) is 11.1 Å². The third-order valence-electron chi connectivity index (χ3n) is 5.92. The maximum Gasteiger partial charge on any atom is 0.352 e. The van der Waals surface area contributed by atoms with Crippen LogP contribution in [0.25, 0.3) is 22.0 Å². The molecule has 1 heterocycles. The topological polar surface area (TPSA) is 112 Å². The highest BCUT2D eigenvalue weighted by atomic mass is 16.5. The fraction of sp³-hybridized carbons (Fsp3) is 0.185. The molecule has 6 nitrogen and oxygen atoms in total. The fourth-order valence-electron chi connectivity index (χ4n) is 4.02. The van der Waals surface area contributed by atoms with E-state index in [1.165, 1.54) is 0 Å². The van der Waals surface area contributed by atoms with Crippen molar-refractivity contribution in [3.8, 4) is 17.2 Å². The highest BCUT2D eigenvalue weighted by molar-refractivity contribution is 6.08. The molecule has 166 valence electrons. The molecule has 0 aliphatic rings. The molecule has 4 rings (SSSR count). The number of aromatic nitrogens is 1. The molecule has 4 aromatic rings. The maximum atomic E-state index is 12.1. The second-order valence-electron chi connectivity index (χ2n) is 8.07. The maximum absolute atomic E-state index is 12.1. The van der Waals surface area contributed by atoms with Crippen molar-refractivity contribution in [2.45, 2.75) is 33.1 Å². The van der Waals surface area contributed by atoms with Crippen LogP contribution in [0.1, 0.15) is 51.3 Å². The molecule has 6 heteroatoms. The average Bonchev–Trinajstić information content (AvgIpc) is 3.23. The van der Waals surface area contributed by atoms with Crippen molar-refractivity contribution >= 4 is 16.9 Å². The van der Waals surface area contributed by atoms with Gasteiger partial charge in [-0.25, -0.2) is 4.79 Å². The number of hydrogen-bond acceptors (Lipinski definition) is 4. The summed E-state index contributed by atoms with van der Waals surface area (Å²) in [6.45, 7) is 4.72. The van der Waals surface area contributed by atoms with Crippen molar-refractivity contribution in [2.75, 3.05) is 0 Å². The summed E-state index contributed by atoms with van der Waals surface area (Å²) >= 11 is 0. The van der Waals surface area contributed by atoms with Crippen molar-refractivity contribution in [3.05, 3.63) is 94.2 Å². The van der Waals surface area contributed by atoms with Crippen molar-refractivity contribution < 1.29 is 14.6 Å².